The molecule has 1 aromatic rings. The average molecular weight is 258 g/mol. The van der Waals surface area contributed by atoms with E-state index in [1.807, 2.05) is 0 Å². The van der Waals surface area contributed by atoms with Crippen LogP contribution < -0.4 is 5.73 Å². The first kappa shape index (κ1) is 14.0. The summed E-state index contributed by atoms with van der Waals surface area (Å²) in [5.41, 5.74) is 6.11. The molecule has 0 aliphatic rings. The maximum Gasteiger partial charge on any atom is 0.246 e. The van der Waals surface area contributed by atoms with Crippen LogP contribution in [0.15, 0.2) is 22.0 Å². The molecule has 0 aliphatic carbocycles. The molecular formula is C11H18N2O3S. The van der Waals surface area contributed by atoms with Crippen LogP contribution in [0.3, 0.4) is 0 Å². The maximum absolute atomic E-state index is 12.3. The monoisotopic (exact) mass is 258 g/mol. The number of nitrogens with two attached hydrogens (primary N) is 1. The molecule has 0 unspecified atom stereocenters. The molecule has 17 heavy (non-hydrogen) atoms. The summed E-state index contributed by atoms with van der Waals surface area (Å²) < 4.78 is 31.2. The van der Waals surface area contributed by atoms with Crippen molar-refractivity contribution in [3.05, 3.63) is 29.7 Å². The maximum atomic E-state index is 12.3. The van der Waals surface area contributed by atoms with Crippen molar-refractivity contribution in [3.63, 3.8) is 0 Å². The molecule has 1 heterocycles. The van der Waals surface area contributed by atoms with Crippen LogP contribution >= 0.6 is 0 Å². The van der Waals surface area contributed by atoms with E-state index in [1.165, 1.54) is 17.4 Å². The van der Waals surface area contributed by atoms with E-state index in [4.69, 9.17) is 10.2 Å². The molecule has 0 aromatic carbocycles. The molecule has 0 saturated carbocycles. The lowest BCUT2D eigenvalue weighted by Gasteiger charge is -2.15. The highest BCUT2D eigenvalue weighted by atomic mass is 32.2. The largest absolute Gasteiger partial charge is 0.465 e. The van der Waals surface area contributed by atoms with Gasteiger partial charge in [-0.05, 0) is 13.8 Å². The number of aryl methyl sites for hydroxylation is 2. The van der Waals surface area contributed by atoms with Crippen LogP contribution in [-0.4, -0.2) is 26.3 Å². The van der Waals surface area contributed by atoms with Gasteiger partial charge in [0.25, 0.3) is 0 Å². The van der Waals surface area contributed by atoms with Crippen molar-refractivity contribution in [2.45, 2.75) is 25.3 Å². The fraction of sp³-hybridized carbons (Fsp3) is 0.455. The molecule has 1 aromatic heterocycles. The first-order valence-electron chi connectivity index (χ1n) is 5.22. The van der Waals surface area contributed by atoms with Crippen LogP contribution in [0, 0.1) is 13.8 Å². The second-order valence-electron chi connectivity index (χ2n) is 3.80. The molecule has 0 spiro atoms. The highest BCUT2D eigenvalue weighted by Crippen LogP contribution is 2.28. The van der Waals surface area contributed by atoms with Gasteiger partial charge in [0.2, 0.25) is 10.0 Å². The average Bonchev–Trinajstić information content (AvgIpc) is 2.53. The Hall–Kier alpha value is -1.11. The number of hydrogen-bond donors (Lipinski definition) is 1. The fourth-order valence-corrected chi connectivity index (χ4v) is 3.28. The van der Waals surface area contributed by atoms with Gasteiger partial charge in [0, 0.05) is 25.7 Å². The van der Waals surface area contributed by atoms with Crippen molar-refractivity contribution in [2.75, 3.05) is 13.6 Å². The Bertz CT molecular complexity index is 517. The van der Waals surface area contributed by atoms with E-state index >= 15 is 0 Å². The molecule has 6 heteroatoms. The Balaban J connectivity index is 3.37. The van der Waals surface area contributed by atoms with Crippen LogP contribution in [0.5, 0.6) is 0 Å². The lowest BCUT2D eigenvalue weighted by atomic mass is 10.2. The van der Waals surface area contributed by atoms with E-state index < -0.39 is 10.0 Å². The molecule has 0 atom stereocenters. The summed E-state index contributed by atoms with van der Waals surface area (Å²) in [5, 5.41) is 0. The summed E-state index contributed by atoms with van der Waals surface area (Å²) in [6.45, 7) is 7.24. The predicted molar refractivity (Wildman–Crippen MR) is 66.1 cm³/mol. The standard InChI is InChI=1S/C11H18N2O3S/c1-5-6-13(4)17(14,15)11-9(3)16-8(2)10(11)7-12/h5H,1,6-7,12H2,2-4H3. The number of rotatable bonds is 5. The van der Waals surface area contributed by atoms with Crippen LogP contribution in [-0.2, 0) is 16.6 Å². The first-order chi connectivity index (χ1) is 7.86. The normalized spacial score (nSPS) is 12.1. The molecule has 0 amide bonds. The number of nitrogens with zero attached hydrogens (tertiary/aromatic N) is 1. The van der Waals surface area contributed by atoms with Gasteiger partial charge in [-0.25, -0.2) is 8.42 Å². The quantitative estimate of drug-likeness (QED) is 0.804. The van der Waals surface area contributed by atoms with E-state index in [1.54, 1.807) is 13.8 Å². The predicted octanol–water partition coefficient (Wildman–Crippen LogP) is 1.16. The van der Waals surface area contributed by atoms with Gasteiger partial charge in [0.15, 0.2) is 0 Å². The number of hydrogen-bond acceptors (Lipinski definition) is 4. The SMILES string of the molecule is C=CCN(C)S(=O)(=O)c1c(C)oc(C)c1CN. The van der Waals surface area contributed by atoms with Gasteiger partial charge in [-0.2, -0.15) is 4.31 Å². The summed E-state index contributed by atoms with van der Waals surface area (Å²) in [7, 11) is -2.07. The summed E-state index contributed by atoms with van der Waals surface area (Å²) in [5.74, 6) is 0.925. The number of furan rings is 1. The van der Waals surface area contributed by atoms with Gasteiger partial charge in [0.05, 0.1) is 0 Å². The molecular weight excluding hydrogens is 240 g/mol. The van der Waals surface area contributed by atoms with Crippen molar-refractivity contribution < 1.29 is 12.8 Å². The van der Waals surface area contributed by atoms with Crippen molar-refractivity contribution in [1.82, 2.24) is 4.31 Å². The van der Waals surface area contributed by atoms with E-state index in [-0.39, 0.29) is 18.0 Å². The third-order valence-electron chi connectivity index (χ3n) is 2.58. The Morgan fingerprint density at radius 3 is 2.47 bits per heavy atom. The van der Waals surface area contributed by atoms with Gasteiger partial charge in [0.1, 0.15) is 16.4 Å². The Labute approximate surface area is 102 Å². The zero-order valence-electron chi connectivity index (χ0n) is 10.4. The molecule has 0 bridgehead atoms. The molecule has 0 saturated heterocycles. The Kier molecular flexibility index (Phi) is 4.13. The fourth-order valence-electron chi connectivity index (χ4n) is 1.72. The van der Waals surface area contributed by atoms with Crippen molar-refractivity contribution >= 4 is 10.0 Å². The van der Waals surface area contributed by atoms with E-state index in [0.717, 1.165) is 0 Å². The summed E-state index contributed by atoms with van der Waals surface area (Å²) in [4.78, 5) is 0.182. The number of likely N-dealkylation sites (N-methyl/N-ethyl adjacent to an activating group) is 1. The van der Waals surface area contributed by atoms with Crippen molar-refractivity contribution in [3.8, 4) is 0 Å². The Morgan fingerprint density at radius 2 is 2.00 bits per heavy atom. The summed E-state index contributed by atoms with van der Waals surface area (Å²) >= 11 is 0. The zero-order valence-corrected chi connectivity index (χ0v) is 11.2. The molecule has 0 aliphatic heterocycles. The minimum Gasteiger partial charge on any atom is -0.465 e. The minimum absolute atomic E-state index is 0.139. The van der Waals surface area contributed by atoms with E-state index in [9.17, 15) is 8.42 Å². The van der Waals surface area contributed by atoms with E-state index in [0.29, 0.717) is 17.1 Å². The van der Waals surface area contributed by atoms with Crippen LogP contribution in [0.4, 0.5) is 0 Å². The molecule has 0 radical (unpaired) electrons. The van der Waals surface area contributed by atoms with Crippen LogP contribution in [0.1, 0.15) is 17.1 Å². The summed E-state index contributed by atoms with van der Waals surface area (Å²) in [6, 6.07) is 0. The molecule has 2 N–H and O–H groups in total. The molecule has 5 nitrogen and oxygen atoms in total. The zero-order chi connectivity index (χ0) is 13.2. The topological polar surface area (TPSA) is 76.5 Å². The highest BCUT2D eigenvalue weighted by molar-refractivity contribution is 7.89. The highest BCUT2D eigenvalue weighted by Gasteiger charge is 2.29. The van der Waals surface area contributed by atoms with Crippen LogP contribution in [0.2, 0.25) is 0 Å². The second kappa shape index (κ2) is 5.03. The van der Waals surface area contributed by atoms with Crippen LogP contribution in [0.25, 0.3) is 0 Å². The molecule has 1 rings (SSSR count). The third-order valence-corrected chi connectivity index (χ3v) is 4.60. The van der Waals surface area contributed by atoms with Gasteiger partial charge >= 0.3 is 0 Å². The smallest absolute Gasteiger partial charge is 0.246 e. The second-order valence-corrected chi connectivity index (χ2v) is 5.78. The summed E-state index contributed by atoms with van der Waals surface area (Å²) in [6.07, 6.45) is 1.53. The van der Waals surface area contributed by atoms with Gasteiger partial charge in [-0.15, -0.1) is 6.58 Å². The van der Waals surface area contributed by atoms with Crippen molar-refractivity contribution in [2.24, 2.45) is 5.73 Å². The lowest BCUT2D eigenvalue weighted by Crippen LogP contribution is -2.28. The van der Waals surface area contributed by atoms with Gasteiger partial charge in [-0.3, -0.25) is 0 Å². The minimum atomic E-state index is -3.57. The first-order valence-corrected chi connectivity index (χ1v) is 6.66. The van der Waals surface area contributed by atoms with Crippen molar-refractivity contribution in [1.29, 1.82) is 0 Å². The van der Waals surface area contributed by atoms with Gasteiger partial charge in [-0.1, -0.05) is 6.08 Å². The molecule has 96 valence electrons. The van der Waals surface area contributed by atoms with Gasteiger partial charge < -0.3 is 10.2 Å². The lowest BCUT2D eigenvalue weighted by molar-refractivity contribution is 0.481. The number of sulfonamides is 1. The Morgan fingerprint density at radius 1 is 1.41 bits per heavy atom. The molecule has 0 fully saturated rings. The van der Waals surface area contributed by atoms with E-state index in [2.05, 4.69) is 6.58 Å². The third kappa shape index (κ3) is 2.43.